The minimum atomic E-state index is 0.292. The van der Waals surface area contributed by atoms with Gasteiger partial charge < -0.3 is 14.7 Å². The Morgan fingerprint density at radius 2 is 1.74 bits per heavy atom. The Morgan fingerprint density at radius 3 is 2.43 bits per heavy atom. The highest BCUT2D eigenvalue weighted by Crippen LogP contribution is 2.32. The number of carbonyl (C=O) groups is 1. The first-order valence-electron chi connectivity index (χ1n) is 9.07. The molecular weight excluding hydrogens is 286 g/mol. The van der Waals surface area contributed by atoms with Crippen LogP contribution in [0.15, 0.2) is 30.3 Å². The fourth-order valence-electron chi connectivity index (χ4n) is 3.81. The number of likely N-dealkylation sites (tertiary alicyclic amines) is 1. The molecule has 1 unspecified atom stereocenters. The molecule has 0 N–H and O–H groups in total. The van der Waals surface area contributed by atoms with Gasteiger partial charge in [0.2, 0.25) is 5.91 Å². The summed E-state index contributed by atoms with van der Waals surface area (Å²) in [4.78, 5) is 19.7. The second-order valence-corrected chi connectivity index (χ2v) is 6.68. The lowest BCUT2D eigenvalue weighted by Crippen LogP contribution is -2.47. The second kappa shape index (κ2) is 7.93. The van der Waals surface area contributed by atoms with Crippen LogP contribution >= 0.6 is 0 Å². The van der Waals surface area contributed by atoms with Gasteiger partial charge in [0.25, 0.3) is 0 Å². The number of rotatable bonds is 5. The largest absolute Gasteiger partial charge is 0.336 e. The maximum atomic E-state index is 12.7. The van der Waals surface area contributed by atoms with Crippen LogP contribution in [0.5, 0.6) is 0 Å². The van der Waals surface area contributed by atoms with Crippen LogP contribution in [-0.2, 0) is 4.79 Å². The van der Waals surface area contributed by atoms with E-state index < -0.39 is 0 Å². The number of hydrogen-bond acceptors (Lipinski definition) is 3. The number of hydrogen-bond donors (Lipinski definition) is 0. The number of amides is 1. The molecule has 0 aliphatic carbocycles. The molecule has 126 valence electrons. The van der Waals surface area contributed by atoms with Gasteiger partial charge in [0, 0.05) is 45.7 Å². The van der Waals surface area contributed by atoms with Gasteiger partial charge in [-0.2, -0.15) is 0 Å². The van der Waals surface area contributed by atoms with Gasteiger partial charge in [-0.1, -0.05) is 37.3 Å². The van der Waals surface area contributed by atoms with E-state index in [2.05, 4.69) is 45.9 Å². The van der Waals surface area contributed by atoms with Gasteiger partial charge in [-0.05, 0) is 24.9 Å². The molecule has 2 fully saturated rings. The predicted octanol–water partition coefficient (Wildman–Crippen LogP) is 2.38. The third kappa shape index (κ3) is 4.12. The van der Waals surface area contributed by atoms with Gasteiger partial charge in [-0.25, -0.2) is 0 Å². The SMILES string of the molecule is CCN1CCN(CCC(=O)N2CCCC2c2ccccc2)CC1. The summed E-state index contributed by atoms with van der Waals surface area (Å²) in [5.74, 6) is 0.328. The molecule has 2 saturated heterocycles. The first kappa shape index (κ1) is 16.5. The lowest BCUT2D eigenvalue weighted by molar-refractivity contribution is -0.132. The topological polar surface area (TPSA) is 26.8 Å². The summed E-state index contributed by atoms with van der Waals surface area (Å²) < 4.78 is 0. The minimum absolute atomic E-state index is 0.292. The summed E-state index contributed by atoms with van der Waals surface area (Å²) in [5.41, 5.74) is 1.29. The smallest absolute Gasteiger partial charge is 0.224 e. The zero-order valence-corrected chi connectivity index (χ0v) is 14.3. The first-order chi connectivity index (χ1) is 11.3. The molecule has 1 aromatic carbocycles. The van der Waals surface area contributed by atoms with Gasteiger partial charge in [0.05, 0.1) is 6.04 Å². The Hall–Kier alpha value is -1.39. The van der Waals surface area contributed by atoms with Gasteiger partial charge in [0.1, 0.15) is 0 Å². The molecule has 0 saturated carbocycles. The van der Waals surface area contributed by atoms with Crippen molar-refractivity contribution in [2.75, 3.05) is 45.8 Å². The number of piperazine rings is 1. The lowest BCUT2D eigenvalue weighted by Gasteiger charge is -2.34. The number of benzene rings is 1. The molecule has 23 heavy (non-hydrogen) atoms. The van der Waals surface area contributed by atoms with E-state index in [4.69, 9.17) is 0 Å². The van der Waals surface area contributed by atoms with Crippen molar-refractivity contribution < 1.29 is 4.79 Å². The fourth-order valence-corrected chi connectivity index (χ4v) is 3.81. The van der Waals surface area contributed by atoms with Crippen molar-refractivity contribution in [2.45, 2.75) is 32.2 Å². The van der Waals surface area contributed by atoms with E-state index in [-0.39, 0.29) is 0 Å². The molecule has 0 radical (unpaired) electrons. The predicted molar refractivity (Wildman–Crippen MR) is 93.3 cm³/mol. The zero-order chi connectivity index (χ0) is 16.1. The molecule has 0 spiro atoms. The minimum Gasteiger partial charge on any atom is -0.336 e. The average Bonchev–Trinajstić information content (AvgIpc) is 3.11. The molecule has 2 heterocycles. The van der Waals surface area contributed by atoms with E-state index in [0.29, 0.717) is 18.4 Å². The van der Waals surface area contributed by atoms with E-state index in [0.717, 1.165) is 58.7 Å². The zero-order valence-electron chi connectivity index (χ0n) is 14.3. The van der Waals surface area contributed by atoms with Crippen LogP contribution in [-0.4, -0.2) is 66.4 Å². The second-order valence-electron chi connectivity index (χ2n) is 6.68. The van der Waals surface area contributed by atoms with E-state index >= 15 is 0 Å². The third-order valence-electron chi connectivity index (χ3n) is 5.31. The van der Waals surface area contributed by atoms with Crippen molar-refractivity contribution in [2.24, 2.45) is 0 Å². The van der Waals surface area contributed by atoms with E-state index in [1.54, 1.807) is 0 Å². The van der Waals surface area contributed by atoms with E-state index in [9.17, 15) is 4.79 Å². The summed E-state index contributed by atoms with van der Waals surface area (Å²) in [6, 6.07) is 10.8. The summed E-state index contributed by atoms with van der Waals surface area (Å²) in [6.45, 7) is 9.67. The molecule has 1 aromatic rings. The standard InChI is InChI=1S/C19H29N3O/c1-2-20-13-15-21(16-14-20)12-10-19(23)22-11-6-9-18(22)17-7-4-3-5-8-17/h3-5,7-8,18H,2,6,9-16H2,1H3. The number of likely N-dealkylation sites (N-methyl/N-ethyl adjacent to an activating group) is 1. The molecule has 4 heteroatoms. The van der Waals surface area contributed by atoms with Crippen LogP contribution in [0.2, 0.25) is 0 Å². The average molecular weight is 315 g/mol. The highest BCUT2D eigenvalue weighted by Gasteiger charge is 2.29. The summed E-state index contributed by atoms with van der Waals surface area (Å²) in [7, 11) is 0. The van der Waals surface area contributed by atoms with Crippen molar-refractivity contribution in [1.82, 2.24) is 14.7 Å². The van der Waals surface area contributed by atoms with Crippen LogP contribution in [0.1, 0.15) is 37.8 Å². The van der Waals surface area contributed by atoms with Gasteiger partial charge in [-0.15, -0.1) is 0 Å². The Kier molecular flexibility index (Phi) is 5.68. The van der Waals surface area contributed by atoms with Crippen molar-refractivity contribution >= 4 is 5.91 Å². The summed E-state index contributed by atoms with van der Waals surface area (Å²) in [6.07, 6.45) is 2.89. The monoisotopic (exact) mass is 315 g/mol. The number of carbonyl (C=O) groups excluding carboxylic acids is 1. The van der Waals surface area contributed by atoms with Crippen LogP contribution in [0.3, 0.4) is 0 Å². The summed E-state index contributed by atoms with van der Waals surface area (Å²) >= 11 is 0. The van der Waals surface area contributed by atoms with Gasteiger partial charge in [0.15, 0.2) is 0 Å². The Labute approximate surface area is 140 Å². The molecular formula is C19H29N3O. The van der Waals surface area contributed by atoms with Crippen molar-refractivity contribution in [3.63, 3.8) is 0 Å². The Balaban J connectivity index is 1.50. The van der Waals surface area contributed by atoms with Gasteiger partial charge >= 0.3 is 0 Å². The lowest BCUT2D eigenvalue weighted by atomic mass is 10.0. The van der Waals surface area contributed by atoms with E-state index in [1.165, 1.54) is 5.56 Å². The van der Waals surface area contributed by atoms with Crippen LogP contribution in [0, 0.1) is 0 Å². The molecule has 0 bridgehead atoms. The molecule has 1 atom stereocenters. The van der Waals surface area contributed by atoms with E-state index in [1.807, 2.05) is 6.07 Å². The van der Waals surface area contributed by atoms with Gasteiger partial charge in [-0.3, -0.25) is 4.79 Å². The molecule has 4 nitrogen and oxygen atoms in total. The van der Waals surface area contributed by atoms with Crippen molar-refractivity contribution in [3.05, 3.63) is 35.9 Å². The summed E-state index contributed by atoms with van der Waals surface area (Å²) in [5, 5.41) is 0. The fraction of sp³-hybridized carbons (Fsp3) is 0.632. The highest BCUT2D eigenvalue weighted by molar-refractivity contribution is 5.77. The normalized spacial score (nSPS) is 23.3. The van der Waals surface area contributed by atoms with Crippen LogP contribution in [0.25, 0.3) is 0 Å². The molecule has 0 aromatic heterocycles. The third-order valence-corrected chi connectivity index (χ3v) is 5.31. The number of nitrogens with zero attached hydrogens (tertiary/aromatic N) is 3. The Morgan fingerprint density at radius 1 is 1.04 bits per heavy atom. The maximum Gasteiger partial charge on any atom is 0.224 e. The molecule has 3 rings (SSSR count). The van der Waals surface area contributed by atoms with Crippen LogP contribution in [0.4, 0.5) is 0 Å². The molecule has 2 aliphatic heterocycles. The molecule has 2 aliphatic rings. The first-order valence-corrected chi connectivity index (χ1v) is 9.07. The molecule has 1 amide bonds. The highest BCUT2D eigenvalue weighted by atomic mass is 16.2. The van der Waals surface area contributed by atoms with Crippen molar-refractivity contribution in [1.29, 1.82) is 0 Å². The maximum absolute atomic E-state index is 12.7. The Bertz CT molecular complexity index is 497. The van der Waals surface area contributed by atoms with Crippen LogP contribution < -0.4 is 0 Å². The quantitative estimate of drug-likeness (QED) is 0.835. The van der Waals surface area contributed by atoms with Crippen molar-refractivity contribution in [3.8, 4) is 0 Å².